The Labute approximate surface area is 115 Å². The molecule has 110 valence electrons. The second kappa shape index (κ2) is 5.29. The molecular weight excluding hydrogens is 242 g/mol. The molecule has 1 amide bonds. The molecule has 0 aromatic rings. The van der Waals surface area contributed by atoms with Crippen LogP contribution >= 0.6 is 0 Å². The summed E-state index contributed by atoms with van der Waals surface area (Å²) >= 11 is 0. The Morgan fingerprint density at radius 1 is 1.53 bits per heavy atom. The van der Waals surface area contributed by atoms with E-state index < -0.39 is 5.60 Å². The lowest BCUT2D eigenvalue weighted by atomic mass is 9.85. The van der Waals surface area contributed by atoms with Crippen LogP contribution in [-0.4, -0.2) is 37.4 Å². The molecule has 4 N–H and O–H groups in total. The molecule has 0 aromatic carbocycles. The van der Waals surface area contributed by atoms with Gasteiger partial charge in [-0.15, -0.1) is 0 Å². The van der Waals surface area contributed by atoms with Gasteiger partial charge < -0.3 is 21.1 Å². The number of carbonyl (C=O) groups is 1. The summed E-state index contributed by atoms with van der Waals surface area (Å²) in [4.78, 5) is 11.7. The molecule has 5 heteroatoms. The SMILES string of the molecule is CC(C)(C)OC(=O)NCC1(C(N)C2CCNC2)CC1. The van der Waals surface area contributed by atoms with E-state index >= 15 is 0 Å². The molecule has 0 bridgehead atoms. The van der Waals surface area contributed by atoms with E-state index in [1.54, 1.807) is 0 Å². The normalized spacial score (nSPS) is 26.8. The largest absolute Gasteiger partial charge is 0.444 e. The van der Waals surface area contributed by atoms with Gasteiger partial charge in [0.25, 0.3) is 0 Å². The summed E-state index contributed by atoms with van der Waals surface area (Å²) in [7, 11) is 0. The first-order valence-electron chi connectivity index (χ1n) is 7.26. The van der Waals surface area contributed by atoms with Gasteiger partial charge >= 0.3 is 6.09 Å². The van der Waals surface area contributed by atoms with Crippen molar-refractivity contribution in [2.45, 2.75) is 51.7 Å². The second-order valence-electron chi connectivity index (χ2n) is 7.00. The van der Waals surface area contributed by atoms with E-state index in [9.17, 15) is 4.79 Å². The molecule has 1 saturated heterocycles. The average Bonchev–Trinajstić information content (AvgIpc) is 2.88. The van der Waals surface area contributed by atoms with Crippen molar-refractivity contribution >= 4 is 6.09 Å². The van der Waals surface area contributed by atoms with E-state index in [0.29, 0.717) is 12.5 Å². The third-order valence-electron chi connectivity index (χ3n) is 4.19. The van der Waals surface area contributed by atoms with E-state index in [0.717, 1.165) is 32.4 Å². The van der Waals surface area contributed by atoms with Gasteiger partial charge in [-0.3, -0.25) is 0 Å². The van der Waals surface area contributed by atoms with Crippen LogP contribution in [0.25, 0.3) is 0 Å². The zero-order chi connectivity index (χ0) is 14.1. The van der Waals surface area contributed by atoms with Crippen molar-refractivity contribution < 1.29 is 9.53 Å². The van der Waals surface area contributed by atoms with Gasteiger partial charge in [-0.05, 0) is 59.0 Å². The van der Waals surface area contributed by atoms with Gasteiger partial charge in [0, 0.05) is 18.0 Å². The molecule has 1 saturated carbocycles. The fourth-order valence-electron chi connectivity index (χ4n) is 2.83. The van der Waals surface area contributed by atoms with Crippen LogP contribution in [0.5, 0.6) is 0 Å². The summed E-state index contributed by atoms with van der Waals surface area (Å²) < 4.78 is 5.26. The fraction of sp³-hybridized carbons (Fsp3) is 0.929. The highest BCUT2D eigenvalue weighted by molar-refractivity contribution is 5.67. The Hall–Kier alpha value is -0.810. The van der Waals surface area contributed by atoms with Crippen LogP contribution in [0.1, 0.15) is 40.0 Å². The first-order valence-corrected chi connectivity index (χ1v) is 7.26. The van der Waals surface area contributed by atoms with Crippen LogP contribution < -0.4 is 16.4 Å². The topological polar surface area (TPSA) is 76.4 Å². The molecule has 1 aliphatic carbocycles. The zero-order valence-electron chi connectivity index (χ0n) is 12.3. The number of ether oxygens (including phenoxy) is 1. The van der Waals surface area contributed by atoms with Gasteiger partial charge in [0.2, 0.25) is 0 Å². The van der Waals surface area contributed by atoms with E-state index in [1.165, 1.54) is 0 Å². The maximum absolute atomic E-state index is 11.7. The number of nitrogens with one attached hydrogen (secondary N) is 2. The molecule has 5 nitrogen and oxygen atoms in total. The Morgan fingerprint density at radius 2 is 2.21 bits per heavy atom. The number of alkyl carbamates (subject to hydrolysis) is 1. The highest BCUT2D eigenvalue weighted by Gasteiger charge is 2.50. The van der Waals surface area contributed by atoms with Crippen LogP contribution in [0, 0.1) is 11.3 Å². The Balaban J connectivity index is 1.80. The highest BCUT2D eigenvalue weighted by Crippen LogP contribution is 2.50. The minimum Gasteiger partial charge on any atom is -0.444 e. The van der Waals surface area contributed by atoms with Gasteiger partial charge in [-0.25, -0.2) is 4.79 Å². The van der Waals surface area contributed by atoms with Crippen molar-refractivity contribution in [3.63, 3.8) is 0 Å². The van der Waals surface area contributed by atoms with Crippen molar-refractivity contribution in [2.75, 3.05) is 19.6 Å². The quantitative estimate of drug-likeness (QED) is 0.717. The van der Waals surface area contributed by atoms with Crippen molar-refractivity contribution in [2.24, 2.45) is 17.1 Å². The first-order chi connectivity index (χ1) is 8.82. The zero-order valence-corrected chi connectivity index (χ0v) is 12.3. The smallest absolute Gasteiger partial charge is 0.407 e. The third kappa shape index (κ3) is 3.83. The number of rotatable bonds is 4. The van der Waals surface area contributed by atoms with Crippen LogP contribution in [0.15, 0.2) is 0 Å². The van der Waals surface area contributed by atoms with Gasteiger partial charge in [0.05, 0.1) is 0 Å². The monoisotopic (exact) mass is 269 g/mol. The van der Waals surface area contributed by atoms with E-state index in [4.69, 9.17) is 10.5 Å². The molecule has 2 unspecified atom stereocenters. The number of nitrogens with two attached hydrogens (primary N) is 1. The Morgan fingerprint density at radius 3 is 2.68 bits per heavy atom. The van der Waals surface area contributed by atoms with E-state index in [2.05, 4.69) is 10.6 Å². The maximum atomic E-state index is 11.7. The Bertz CT molecular complexity index is 328. The van der Waals surface area contributed by atoms with Gasteiger partial charge in [-0.2, -0.15) is 0 Å². The molecule has 2 rings (SSSR count). The molecule has 1 aliphatic heterocycles. The summed E-state index contributed by atoms with van der Waals surface area (Å²) in [5.74, 6) is 0.544. The molecule has 1 heterocycles. The van der Waals surface area contributed by atoms with E-state index in [1.807, 2.05) is 20.8 Å². The predicted molar refractivity (Wildman–Crippen MR) is 74.9 cm³/mol. The van der Waals surface area contributed by atoms with Crippen molar-refractivity contribution in [1.29, 1.82) is 0 Å². The highest BCUT2D eigenvalue weighted by atomic mass is 16.6. The standard InChI is InChI=1S/C14H27N3O2/c1-13(2,3)19-12(18)17-9-14(5-6-14)11(15)10-4-7-16-8-10/h10-11,16H,4-9,15H2,1-3H3,(H,17,18). The second-order valence-corrected chi connectivity index (χ2v) is 7.00. The number of hydrogen-bond donors (Lipinski definition) is 3. The third-order valence-corrected chi connectivity index (χ3v) is 4.19. The summed E-state index contributed by atoms with van der Waals surface area (Å²) in [6, 6.07) is 0.178. The van der Waals surface area contributed by atoms with Gasteiger partial charge in [0.15, 0.2) is 0 Å². The van der Waals surface area contributed by atoms with Crippen molar-refractivity contribution in [3.8, 4) is 0 Å². The minimum atomic E-state index is -0.446. The summed E-state index contributed by atoms with van der Waals surface area (Å²) in [6.45, 7) is 8.32. The number of carbonyl (C=O) groups excluding carboxylic acids is 1. The molecular formula is C14H27N3O2. The molecule has 0 radical (unpaired) electrons. The van der Waals surface area contributed by atoms with Crippen molar-refractivity contribution in [1.82, 2.24) is 10.6 Å². The molecule has 0 spiro atoms. The van der Waals surface area contributed by atoms with Crippen LogP contribution in [-0.2, 0) is 4.74 Å². The van der Waals surface area contributed by atoms with Crippen LogP contribution in [0.3, 0.4) is 0 Å². The molecule has 2 fully saturated rings. The first kappa shape index (κ1) is 14.6. The lowest BCUT2D eigenvalue weighted by molar-refractivity contribution is 0.0510. The molecule has 19 heavy (non-hydrogen) atoms. The molecule has 2 aliphatic rings. The van der Waals surface area contributed by atoms with E-state index in [-0.39, 0.29) is 17.6 Å². The average molecular weight is 269 g/mol. The van der Waals surface area contributed by atoms with Gasteiger partial charge in [0.1, 0.15) is 5.60 Å². The minimum absolute atomic E-state index is 0.105. The van der Waals surface area contributed by atoms with Crippen molar-refractivity contribution in [3.05, 3.63) is 0 Å². The maximum Gasteiger partial charge on any atom is 0.407 e. The lowest BCUT2D eigenvalue weighted by Crippen LogP contribution is -2.46. The lowest BCUT2D eigenvalue weighted by Gasteiger charge is -2.29. The predicted octanol–water partition coefficient (Wildman–Crippen LogP) is 1.23. The number of hydrogen-bond acceptors (Lipinski definition) is 4. The summed E-state index contributed by atoms with van der Waals surface area (Å²) in [6.07, 6.45) is 3.03. The number of amides is 1. The van der Waals surface area contributed by atoms with Gasteiger partial charge in [-0.1, -0.05) is 0 Å². The summed E-state index contributed by atoms with van der Waals surface area (Å²) in [5, 5.41) is 6.24. The van der Waals surface area contributed by atoms with Crippen LogP contribution in [0.2, 0.25) is 0 Å². The Kier molecular flexibility index (Phi) is 4.06. The fourth-order valence-corrected chi connectivity index (χ4v) is 2.83. The molecule has 0 aromatic heterocycles. The summed E-state index contributed by atoms with van der Waals surface area (Å²) in [5.41, 5.74) is 6.06. The molecule has 2 atom stereocenters. The van der Waals surface area contributed by atoms with Crippen LogP contribution in [0.4, 0.5) is 4.79 Å².